The first-order valence-corrected chi connectivity index (χ1v) is 10.0. The number of Topliss-reactive ketones (excluding diaryl/α,β-unsaturated/α-hetero) is 1. The lowest BCUT2D eigenvalue weighted by Crippen LogP contribution is -2.26. The average molecular weight is 389 g/mol. The van der Waals surface area contributed by atoms with Gasteiger partial charge in [-0.25, -0.2) is 0 Å². The van der Waals surface area contributed by atoms with Crippen molar-refractivity contribution in [3.8, 4) is 11.3 Å². The van der Waals surface area contributed by atoms with Crippen LogP contribution in [0.3, 0.4) is 0 Å². The van der Waals surface area contributed by atoms with Gasteiger partial charge in [-0.3, -0.25) is 9.59 Å². The van der Waals surface area contributed by atoms with E-state index in [0.717, 1.165) is 23.4 Å². The van der Waals surface area contributed by atoms with Gasteiger partial charge in [-0.2, -0.15) is 0 Å². The highest BCUT2D eigenvalue weighted by Gasteiger charge is 2.16. The van der Waals surface area contributed by atoms with Crippen LogP contribution in [0.4, 0.5) is 0 Å². The van der Waals surface area contributed by atoms with Gasteiger partial charge in [0.1, 0.15) is 0 Å². The standard InChI is InChI=1S/C25H28N2O2/c1-18-9-11-21(12-10-18)13-15-26-25(29)14-16-27-19(2)23(20(3)28)17-24(27)22-7-5-4-6-8-22/h4-12,17H,13-16H2,1-3H3,(H,26,29). The number of nitrogens with one attached hydrogen (secondary N) is 1. The maximum atomic E-state index is 12.4. The predicted molar refractivity (Wildman–Crippen MR) is 117 cm³/mol. The Kier molecular flexibility index (Phi) is 6.65. The highest BCUT2D eigenvalue weighted by molar-refractivity contribution is 5.96. The van der Waals surface area contributed by atoms with Gasteiger partial charge in [-0.15, -0.1) is 0 Å². The van der Waals surface area contributed by atoms with E-state index in [1.54, 1.807) is 6.92 Å². The molecule has 2 aromatic carbocycles. The summed E-state index contributed by atoms with van der Waals surface area (Å²) in [6.07, 6.45) is 1.19. The van der Waals surface area contributed by atoms with Gasteiger partial charge in [0.15, 0.2) is 5.78 Å². The lowest BCUT2D eigenvalue weighted by Gasteiger charge is -2.12. The van der Waals surface area contributed by atoms with Gasteiger partial charge >= 0.3 is 0 Å². The highest BCUT2D eigenvalue weighted by Crippen LogP contribution is 2.26. The first-order chi connectivity index (χ1) is 14.0. The van der Waals surface area contributed by atoms with Crippen LogP contribution in [0, 0.1) is 13.8 Å². The molecule has 1 aromatic heterocycles. The quantitative estimate of drug-likeness (QED) is 0.568. The van der Waals surface area contributed by atoms with Gasteiger partial charge in [0.25, 0.3) is 0 Å². The van der Waals surface area contributed by atoms with Gasteiger partial charge in [-0.05, 0) is 44.4 Å². The third-order valence-corrected chi connectivity index (χ3v) is 5.23. The van der Waals surface area contributed by atoms with Crippen LogP contribution in [-0.4, -0.2) is 22.8 Å². The molecule has 0 atom stereocenters. The normalized spacial score (nSPS) is 10.7. The second kappa shape index (κ2) is 9.37. The van der Waals surface area contributed by atoms with Gasteiger partial charge in [0, 0.05) is 36.5 Å². The lowest BCUT2D eigenvalue weighted by molar-refractivity contribution is -0.121. The summed E-state index contributed by atoms with van der Waals surface area (Å²) in [6, 6.07) is 20.3. The number of carbonyl (C=O) groups excluding carboxylic acids is 2. The van der Waals surface area contributed by atoms with E-state index >= 15 is 0 Å². The molecule has 3 rings (SSSR count). The first-order valence-electron chi connectivity index (χ1n) is 10.0. The van der Waals surface area contributed by atoms with Crippen LogP contribution in [0.2, 0.25) is 0 Å². The SMILES string of the molecule is CC(=O)c1cc(-c2ccccc2)n(CCC(=O)NCCc2ccc(C)cc2)c1C. The molecule has 0 aliphatic carbocycles. The maximum Gasteiger partial charge on any atom is 0.221 e. The Hall–Kier alpha value is -3.14. The van der Waals surface area contributed by atoms with Gasteiger partial charge in [0.2, 0.25) is 5.91 Å². The van der Waals surface area contributed by atoms with Crippen molar-refractivity contribution in [2.24, 2.45) is 0 Å². The van der Waals surface area contributed by atoms with Crippen LogP contribution in [0.5, 0.6) is 0 Å². The molecule has 0 radical (unpaired) electrons. The zero-order valence-corrected chi connectivity index (χ0v) is 17.4. The lowest BCUT2D eigenvalue weighted by atomic mass is 10.1. The average Bonchev–Trinajstić information content (AvgIpc) is 3.05. The fourth-order valence-corrected chi connectivity index (χ4v) is 3.54. The molecular weight excluding hydrogens is 360 g/mol. The number of hydrogen-bond donors (Lipinski definition) is 1. The molecule has 0 saturated heterocycles. The molecule has 29 heavy (non-hydrogen) atoms. The van der Waals surface area contributed by atoms with Crippen molar-refractivity contribution in [1.29, 1.82) is 0 Å². The topological polar surface area (TPSA) is 51.1 Å². The Morgan fingerprint density at radius 3 is 2.31 bits per heavy atom. The van der Waals surface area contributed by atoms with Gasteiger partial charge in [0.05, 0.1) is 0 Å². The number of aromatic nitrogens is 1. The zero-order chi connectivity index (χ0) is 20.8. The van der Waals surface area contributed by atoms with Crippen molar-refractivity contribution >= 4 is 11.7 Å². The minimum absolute atomic E-state index is 0.0219. The van der Waals surface area contributed by atoms with Crippen molar-refractivity contribution in [2.75, 3.05) is 6.54 Å². The van der Waals surface area contributed by atoms with E-state index in [1.807, 2.05) is 43.3 Å². The van der Waals surface area contributed by atoms with Crippen LogP contribution in [0.15, 0.2) is 60.7 Å². The minimum atomic E-state index is 0.0219. The Morgan fingerprint density at radius 1 is 0.966 bits per heavy atom. The highest BCUT2D eigenvalue weighted by atomic mass is 16.1. The summed E-state index contributed by atoms with van der Waals surface area (Å²) in [6.45, 7) is 6.75. The molecule has 3 aromatic rings. The molecule has 0 unspecified atom stereocenters. The molecule has 0 spiro atoms. The number of nitrogens with zero attached hydrogens (tertiary/aromatic N) is 1. The molecule has 1 heterocycles. The molecule has 1 amide bonds. The molecule has 4 heteroatoms. The summed E-state index contributed by atoms with van der Waals surface area (Å²) in [5.74, 6) is 0.0644. The minimum Gasteiger partial charge on any atom is -0.356 e. The largest absolute Gasteiger partial charge is 0.356 e. The fraction of sp³-hybridized carbons (Fsp3) is 0.280. The summed E-state index contributed by atoms with van der Waals surface area (Å²) >= 11 is 0. The second-order valence-electron chi connectivity index (χ2n) is 7.44. The summed E-state index contributed by atoms with van der Waals surface area (Å²) in [5.41, 5.74) is 6.09. The van der Waals surface area contributed by atoms with E-state index in [0.29, 0.717) is 25.1 Å². The van der Waals surface area contributed by atoms with Gasteiger partial charge in [-0.1, -0.05) is 60.2 Å². The number of rotatable bonds is 8. The van der Waals surface area contributed by atoms with E-state index in [2.05, 4.69) is 41.1 Å². The summed E-state index contributed by atoms with van der Waals surface area (Å²) in [7, 11) is 0. The molecule has 1 N–H and O–H groups in total. The number of amides is 1. The van der Waals surface area contributed by atoms with Crippen molar-refractivity contribution in [3.05, 3.63) is 83.0 Å². The van der Waals surface area contributed by atoms with Crippen LogP contribution in [0.25, 0.3) is 11.3 Å². The summed E-state index contributed by atoms with van der Waals surface area (Å²) in [4.78, 5) is 24.4. The van der Waals surface area contributed by atoms with Crippen molar-refractivity contribution < 1.29 is 9.59 Å². The van der Waals surface area contributed by atoms with Crippen LogP contribution < -0.4 is 5.32 Å². The van der Waals surface area contributed by atoms with E-state index < -0.39 is 0 Å². The fourth-order valence-electron chi connectivity index (χ4n) is 3.54. The Balaban J connectivity index is 1.64. The van der Waals surface area contributed by atoms with Crippen molar-refractivity contribution in [2.45, 2.75) is 40.2 Å². The summed E-state index contributed by atoms with van der Waals surface area (Å²) in [5, 5.41) is 3.01. The molecule has 150 valence electrons. The number of aryl methyl sites for hydroxylation is 1. The molecule has 0 saturated carbocycles. The maximum absolute atomic E-state index is 12.4. The van der Waals surface area contributed by atoms with E-state index in [9.17, 15) is 9.59 Å². The Morgan fingerprint density at radius 2 is 1.66 bits per heavy atom. The molecule has 4 nitrogen and oxygen atoms in total. The van der Waals surface area contributed by atoms with Crippen LogP contribution >= 0.6 is 0 Å². The zero-order valence-electron chi connectivity index (χ0n) is 17.4. The van der Waals surface area contributed by atoms with E-state index in [4.69, 9.17) is 0 Å². The number of ketones is 1. The Bertz CT molecular complexity index is 986. The van der Waals surface area contributed by atoms with Crippen molar-refractivity contribution in [3.63, 3.8) is 0 Å². The smallest absolute Gasteiger partial charge is 0.221 e. The molecule has 0 fully saturated rings. The number of benzene rings is 2. The third-order valence-electron chi connectivity index (χ3n) is 5.23. The monoisotopic (exact) mass is 388 g/mol. The number of carbonyl (C=O) groups is 2. The molecular formula is C25H28N2O2. The van der Waals surface area contributed by atoms with E-state index in [1.165, 1.54) is 11.1 Å². The Labute approximate surface area is 172 Å². The molecule has 0 bridgehead atoms. The first kappa shape index (κ1) is 20.6. The molecule has 0 aliphatic rings. The van der Waals surface area contributed by atoms with Crippen LogP contribution in [-0.2, 0) is 17.8 Å². The van der Waals surface area contributed by atoms with E-state index in [-0.39, 0.29) is 11.7 Å². The molecule has 0 aliphatic heterocycles. The number of hydrogen-bond acceptors (Lipinski definition) is 2. The summed E-state index contributed by atoms with van der Waals surface area (Å²) < 4.78 is 2.08. The van der Waals surface area contributed by atoms with Crippen molar-refractivity contribution in [1.82, 2.24) is 9.88 Å². The predicted octanol–water partition coefficient (Wildman–Crippen LogP) is 4.72. The third kappa shape index (κ3) is 5.23. The van der Waals surface area contributed by atoms with Crippen LogP contribution in [0.1, 0.15) is 40.5 Å². The van der Waals surface area contributed by atoms with Gasteiger partial charge < -0.3 is 9.88 Å². The second-order valence-corrected chi connectivity index (χ2v) is 7.44.